The van der Waals surface area contributed by atoms with Crippen LogP contribution >= 0.6 is 11.6 Å². The zero-order chi connectivity index (χ0) is 18.7. The predicted molar refractivity (Wildman–Crippen MR) is 98.3 cm³/mol. The average molecular weight is 368 g/mol. The Kier molecular flexibility index (Phi) is 4.92. The lowest BCUT2D eigenvalue weighted by Gasteiger charge is -2.13. The molecule has 3 aromatic rings. The Morgan fingerprint density at radius 3 is 2.77 bits per heavy atom. The summed E-state index contributed by atoms with van der Waals surface area (Å²) < 4.78 is 6.31. The number of rotatable bonds is 4. The van der Waals surface area contributed by atoms with E-state index in [9.17, 15) is 15.2 Å². The Morgan fingerprint density at radius 1 is 1.35 bits per heavy atom. The van der Waals surface area contributed by atoms with Crippen molar-refractivity contribution in [1.29, 1.82) is 5.26 Å². The second-order valence-corrected chi connectivity index (χ2v) is 5.94. The maximum atomic E-state index is 12.5. The lowest BCUT2D eigenvalue weighted by Crippen LogP contribution is -2.25. The van der Waals surface area contributed by atoms with Crippen molar-refractivity contribution in [3.05, 3.63) is 80.5 Å². The zero-order valence-electron chi connectivity index (χ0n) is 13.8. The number of furan rings is 1. The van der Waals surface area contributed by atoms with E-state index in [4.69, 9.17) is 16.0 Å². The normalized spacial score (nSPS) is 11.0. The molecule has 1 N–H and O–H groups in total. The van der Waals surface area contributed by atoms with Crippen molar-refractivity contribution in [3.63, 3.8) is 0 Å². The van der Waals surface area contributed by atoms with Gasteiger partial charge in [0, 0.05) is 6.21 Å². The molecule has 0 saturated heterocycles. The molecule has 1 aromatic carbocycles. The summed E-state index contributed by atoms with van der Waals surface area (Å²) in [6.07, 6.45) is 2.86. The number of pyridine rings is 1. The third kappa shape index (κ3) is 3.25. The summed E-state index contributed by atoms with van der Waals surface area (Å²) in [4.78, 5) is 16.8. The summed E-state index contributed by atoms with van der Waals surface area (Å²) in [6.45, 7) is 1.59. The van der Waals surface area contributed by atoms with Crippen molar-refractivity contribution in [2.24, 2.45) is 4.99 Å². The molecule has 0 aliphatic carbocycles. The van der Waals surface area contributed by atoms with E-state index in [1.807, 2.05) is 6.07 Å². The van der Waals surface area contributed by atoms with E-state index >= 15 is 0 Å². The topological polar surface area (TPSA) is 91.5 Å². The zero-order valence-corrected chi connectivity index (χ0v) is 14.6. The molecule has 0 radical (unpaired) electrons. The molecule has 0 saturated carbocycles. The summed E-state index contributed by atoms with van der Waals surface area (Å²) >= 11 is 6.08. The molecule has 0 fully saturated rings. The molecule has 26 heavy (non-hydrogen) atoms. The lowest BCUT2D eigenvalue weighted by atomic mass is 10.1. The Morgan fingerprint density at radius 2 is 2.12 bits per heavy atom. The van der Waals surface area contributed by atoms with Crippen molar-refractivity contribution in [1.82, 2.24) is 4.57 Å². The Labute approximate surface area is 154 Å². The van der Waals surface area contributed by atoms with E-state index in [1.165, 1.54) is 12.5 Å². The second-order valence-electron chi connectivity index (χ2n) is 5.53. The molecule has 2 aromatic heterocycles. The minimum absolute atomic E-state index is 0.000437. The SMILES string of the molecule is Cc1c(C=Nc2ccccc2Cl)c(O)n(Cc2ccco2)c(=O)c1C#N. The number of para-hydroxylation sites is 1. The fourth-order valence-electron chi connectivity index (χ4n) is 2.52. The molecule has 130 valence electrons. The standard InChI is InChI=1S/C19H14ClN3O3/c1-12-14(9-21)18(24)23(11-13-5-4-8-26-13)19(25)15(12)10-22-17-7-3-2-6-16(17)20/h2-8,10,25H,11H2,1H3. The molecular weight excluding hydrogens is 354 g/mol. The fourth-order valence-corrected chi connectivity index (χ4v) is 2.71. The number of nitrogens with zero attached hydrogens (tertiary/aromatic N) is 3. The highest BCUT2D eigenvalue weighted by Gasteiger charge is 2.18. The molecule has 7 heteroatoms. The first kappa shape index (κ1) is 17.5. The highest BCUT2D eigenvalue weighted by atomic mass is 35.5. The third-order valence-corrected chi connectivity index (χ3v) is 4.25. The Hall–Kier alpha value is -3.30. The highest BCUT2D eigenvalue weighted by Crippen LogP contribution is 2.26. The van der Waals surface area contributed by atoms with Gasteiger partial charge in [-0.05, 0) is 36.8 Å². The van der Waals surface area contributed by atoms with Crippen LogP contribution in [0.4, 0.5) is 5.69 Å². The van der Waals surface area contributed by atoms with Crippen LogP contribution in [0.3, 0.4) is 0 Å². The van der Waals surface area contributed by atoms with Gasteiger partial charge in [-0.15, -0.1) is 0 Å². The smallest absolute Gasteiger partial charge is 0.271 e. The first-order valence-corrected chi connectivity index (χ1v) is 8.08. The van der Waals surface area contributed by atoms with Gasteiger partial charge in [0.25, 0.3) is 5.56 Å². The van der Waals surface area contributed by atoms with Gasteiger partial charge in [0.05, 0.1) is 29.1 Å². The maximum absolute atomic E-state index is 12.5. The molecule has 3 rings (SSSR count). The van der Waals surface area contributed by atoms with E-state index in [-0.39, 0.29) is 23.6 Å². The van der Waals surface area contributed by atoms with Gasteiger partial charge >= 0.3 is 0 Å². The average Bonchev–Trinajstić information content (AvgIpc) is 3.14. The summed E-state index contributed by atoms with van der Waals surface area (Å²) in [5.41, 5.74) is 0.480. The first-order chi connectivity index (χ1) is 12.5. The van der Waals surface area contributed by atoms with E-state index < -0.39 is 5.56 Å². The van der Waals surface area contributed by atoms with Crippen molar-refractivity contribution in [2.75, 3.05) is 0 Å². The second kappa shape index (κ2) is 7.30. The van der Waals surface area contributed by atoms with Crippen molar-refractivity contribution in [2.45, 2.75) is 13.5 Å². The highest BCUT2D eigenvalue weighted by molar-refractivity contribution is 6.33. The largest absolute Gasteiger partial charge is 0.494 e. The molecule has 0 spiro atoms. The van der Waals surface area contributed by atoms with Crippen LogP contribution in [0.1, 0.15) is 22.5 Å². The van der Waals surface area contributed by atoms with E-state index in [2.05, 4.69) is 4.99 Å². The lowest BCUT2D eigenvalue weighted by molar-refractivity contribution is 0.397. The summed E-state index contributed by atoms with van der Waals surface area (Å²) in [6, 6.07) is 12.2. The van der Waals surface area contributed by atoms with Gasteiger partial charge in [-0.1, -0.05) is 23.7 Å². The van der Waals surface area contributed by atoms with Gasteiger partial charge in [0.15, 0.2) is 0 Å². The minimum atomic E-state index is -0.589. The van der Waals surface area contributed by atoms with Crippen LogP contribution in [0.15, 0.2) is 56.9 Å². The number of halogens is 1. The van der Waals surface area contributed by atoms with Gasteiger partial charge in [0.1, 0.15) is 17.4 Å². The van der Waals surface area contributed by atoms with Crippen LogP contribution < -0.4 is 5.56 Å². The van der Waals surface area contributed by atoms with Gasteiger partial charge in [-0.25, -0.2) is 0 Å². The quantitative estimate of drug-likeness (QED) is 0.710. The maximum Gasteiger partial charge on any atom is 0.271 e. The van der Waals surface area contributed by atoms with Gasteiger partial charge in [0.2, 0.25) is 5.88 Å². The van der Waals surface area contributed by atoms with Gasteiger partial charge < -0.3 is 9.52 Å². The molecule has 0 unspecified atom stereocenters. The fraction of sp³-hybridized carbons (Fsp3) is 0.105. The summed E-state index contributed by atoms with van der Waals surface area (Å²) in [7, 11) is 0. The van der Waals surface area contributed by atoms with Crippen LogP contribution in [0.25, 0.3) is 0 Å². The number of aromatic nitrogens is 1. The van der Waals surface area contributed by atoms with Gasteiger partial charge in [-0.3, -0.25) is 14.4 Å². The van der Waals surface area contributed by atoms with Crippen LogP contribution in [0, 0.1) is 18.3 Å². The number of aromatic hydroxyl groups is 1. The monoisotopic (exact) mass is 367 g/mol. The molecule has 0 bridgehead atoms. The predicted octanol–water partition coefficient (Wildman–Crippen LogP) is 3.78. The number of hydrogen-bond acceptors (Lipinski definition) is 5. The van der Waals surface area contributed by atoms with Crippen molar-refractivity contribution in [3.8, 4) is 11.9 Å². The Bertz CT molecular complexity index is 1080. The van der Waals surface area contributed by atoms with Crippen LogP contribution in [-0.4, -0.2) is 15.9 Å². The number of nitriles is 1. The Balaban J connectivity index is 2.14. The first-order valence-electron chi connectivity index (χ1n) is 7.70. The summed E-state index contributed by atoms with van der Waals surface area (Å²) in [5.74, 6) is 0.183. The van der Waals surface area contributed by atoms with E-state index in [0.717, 1.165) is 4.57 Å². The molecule has 0 atom stereocenters. The summed E-state index contributed by atoms with van der Waals surface area (Å²) in [5, 5.41) is 20.4. The van der Waals surface area contributed by atoms with Gasteiger partial charge in [-0.2, -0.15) is 5.26 Å². The van der Waals surface area contributed by atoms with Crippen LogP contribution in [-0.2, 0) is 6.54 Å². The van der Waals surface area contributed by atoms with Crippen molar-refractivity contribution >= 4 is 23.5 Å². The third-order valence-electron chi connectivity index (χ3n) is 3.93. The minimum Gasteiger partial charge on any atom is -0.494 e. The number of hydrogen-bond donors (Lipinski definition) is 1. The molecule has 6 nitrogen and oxygen atoms in total. The molecule has 2 heterocycles. The molecule has 0 amide bonds. The number of aliphatic imine (C=N–C) groups is 1. The van der Waals surface area contributed by atoms with E-state index in [0.29, 0.717) is 22.0 Å². The number of benzene rings is 1. The molecule has 0 aliphatic heterocycles. The molecule has 0 aliphatic rings. The van der Waals surface area contributed by atoms with E-state index in [1.54, 1.807) is 43.3 Å². The van der Waals surface area contributed by atoms with Crippen LogP contribution in [0.5, 0.6) is 5.88 Å². The van der Waals surface area contributed by atoms with Crippen LogP contribution in [0.2, 0.25) is 5.02 Å². The molecular formula is C19H14ClN3O3. The van der Waals surface area contributed by atoms with Crippen molar-refractivity contribution < 1.29 is 9.52 Å².